The van der Waals surface area contributed by atoms with Gasteiger partial charge in [-0.25, -0.2) is 16.8 Å². The van der Waals surface area contributed by atoms with Gasteiger partial charge in [-0.15, -0.1) is 0 Å². The smallest absolute Gasteiger partial charge is 0.171 e. The number of unbranched alkanes of at least 4 members (excludes halogenated alkanes) is 2. The molecule has 0 aliphatic rings. The fraction of sp³-hybridized carbons (Fsp3) is 0.556. The Morgan fingerprint density at radius 3 is 1.33 bits per heavy atom. The molecule has 0 spiro atoms. The number of sulfone groups is 2. The van der Waals surface area contributed by atoms with E-state index < -0.39 is 19.7 Å². The third-order valence-electron chi connectivity index (χ3n) is 1.87. The van der Waals surface area contributed by atoms with E-state index in [9.17, 15) is 16.8 Å². The van der Waals surface area contributed by atoms with E-state index in [0.717, 1.165) is 10.8 Å². The highest BCUT2D eigenvalue weighted by molar-refractivity contribution is 7.94. The first-order valence-corrected chi connectivity index (χ1v) is 7.96. The van der Waals surface area contributed by atoms with Crippen LogP contribution in [0.1, 0.15) is 19.3 Å². The van der Waals surface area contributed by atoms with Gasteiger partial charge in [-0.05, 0) is 12.8 Å². The second-order valence-electron chi connectivity index (χ2n) is 3.13. The van der Waals surface area contributed by atoms with Gasteiger partial charge in [0.15, 0.2) is 19.7 Å². The number of hydrogen-bond donors (Lipinski definition) is 0. The van der Waals surface area contributed by atoms with Crippen molar-refractivity contribution in [3.8, 4) is 0 Å². The minimum Gasteiger partial charge on any atom is -0.224 e. The fourth-order valence-corrected chi connectivity index (χ4v) is 2.50. The summed E-state index contributed by atoms with van der Waals surface area (Å²) in [6.07, 6.45) is 1.49. The maximum atomic E-state index is 11.0. The van der Waals surface area contributed by atoms with Crippen LogP contribution in [0.3, 0.4) is 0 Å². The first-order valence-electron chi connectivity index (χ1n) is 4.53. The molecule has 0 radical (unpaired) electrons. The molecule has 0 aliphatic heterocycles. The molecule has 0 saturated heterocycles. The molecule has 6 heteroatoms. The topological polar surface area (TPSA) is 68.3 Å². The second kappa shape index (κ2) is 6.07. The zero-order chi connectivity index (χ0) is 11.9. The molecule has 0 aromatic carbocycles. The largest absolute Gasteiger partial charge is 0.224 e. The van der Waals surface area contributed by atoms with Gasteiger partial charge < -0.3 is 0 Å². The Balaban J connectivity index is 3.75. The summed E-state index contributed by atoms with van der Waals surface area (Å²) in [6.45, 7) is 6.37. The summed E-state index contributed by atoms with van der Waals surface area (Å²) in [4.78, 5) is 0. The molecule has 0 heterocycles. The standard InChI is InChI=1S/C9H16O4S2/c1-3-14(10,11)8-6-5-7-9-15(12,13)4-2/h3-4H,1-2,5-9H2. The third-order valence-corrected chi connectivity index (χ3v) is 4.60. The first-order chi connectivity index (χ1) is 6.83. The highest BCUT2D eigenvalue weighted by Crippen LogP contribution is 2.04. The lowest BCUT2D eigenvalue weighted by Crippen LogP contribution is -2.04. The quantitative estimate of drug-likeness (QED) is 0.610. The van der Waals surface area contributed by atoms with Gasteiger partial charge in [0.2, 0.25) is 0 Å². The Hall–Kier alpha value is -0.620. The van der Waals surface area contributed by atoms with E-state index in [1.165, 1.54) is 0 Å². The summed E-state index contributed by atoms with van der Waals surface area (Å²) >= 11 is 0. The van der Waals surface area contributed by atoms with Gasteiger partial charge in [-0.2, -0.15) is 0 Å². The average Bonchev–Trinajstić information content (AvgIpc) is 2.17. The van der Waals surface area contributed by atoms with E-state index in [0.29, 0.717) is 19.3 Å². The predicted octanol–water partition coefficient (Wildman–Crippen LogP) is 1.27. The predicted molar refractivity (Wildman–Crippen MR) is 61.8 cm³/mol. The lowest BCUT2D eigenvalue weighted by atomic mass is 10.3. The van der Waals surface area contributed by atoms with Crippen LogP contribution >= 0.6 is 0 Å². The van der Waals surface area contributed by atoms with E-state index in [2.05, 4.69) is 13.2 Å². The van der Waals surface area contributed by atoms with Gasteiger partial charge >= 0.3 is 0 Å². The van der Waals surface area contributed by atoms with E-state index in [4.69, 9.17) is 0 Å². The average molecular weight is 252 g/mol. The van der Waals surface area contributed by atoms with Gasteiger partial charge in [-0.1, -0.05) is 19.6 Å². The highest BCUT2D eigenvalue weighted by Gasteiger charge is 2.06. The van der Waals surface area contributed by atoms with Crippen molar-refractivity contribution in [2.24, 2.45) is 0 Å². The maximum Gasteiger partial charge on any atom is 0.171 e. The molecular weight excluding hydrogens is 236 g/mol. The Morgan fingerprint density at radius 1 is 0.733 bits per heavy atom. The Morgan fingerprint density at radius 2 is 1.07 bits per heavy atom. The second-order valence-corrected chi connectivity index (χ2v) is 7.26. The van der Waals surface area contributed by atoms with Crippen LogP contribution in [0, 0.1) is 0 Å². The fourth-order valence-electron chi connectivity index (χ4n) is 0.950. The van der Waals surface area contributed by atoms with Crippen LogP contribution in [0.5, 0.6) is 0 Å². The van der Waals surface area contributed by atoms with Crippen molar-refractivity contribution in [1.82, 2.24) is 0 Å². The molecule has 0 fully saturated rings. The van der Waals surface area contributed by atoms with E-state index in [1.807, 2.05) is 0 Å². The molecule has 0 aromatic rings. The molecule has 0 N–H and O–H groups in total. The lowest BCUT2D eigenvalue weighted by Gasteiger charge is -1.99. The van der Waals surface area contributed by atoms with Crippen molar-refractivity contribution in [2.45, 2.75) is 19.3 Å². The van der Waals surface area contributed by atoms with E-state index >= 15 is 0 Å². The van der Waals surface area contributed by atoms with Crippen LogP contribution in [0.15, 0.2) is 24.0 Å². The van der Waals surface area contributed by atoms with Crippen molar-refractivity contribution in [2.75, 3.05) is 11.5 Å². The summed E-state index contributed by atoms with van der Waals surface area (Å²) in [5.74, 6) is 0.0648. The number of hydrogen-bond acceptors (Lipinski definition) is 4. The van der Waals surface area contributed by atoms with Crippen LogP contribution < -0.4 is 0 Å². The molecular formula is C9H16O4S2. The van der Waals surface area contributed by atoms with Crippen LogP contribution in [0.2, 0.25) is 0 Å². The van der Waals surface area contributed by atoms with Gasteiger partial charge in [0.1, 0.15) is 0 Å². The molecule has 15 heavy (non-hydrogen) atoms. The summed E-state index contributed by atoms with van der Waals surface area (Å²) < 4.78 is 43.9. The summed E-state index contributed by atoms with van der Waals surface area (Å²) in [5.41, 5.74) is 0. The SMILES string of the molecule is C=CS(=O)(=O)CCCCCS(=O)(=O)C=C. The third kappa shape index (κ3) is 7.33. The minimum atomic E-state index is -3.15. The molecule has 0 amide bonds. The first kappa shape index (κ1) is 14.4. The van der Waals surface area contributed by atoms with Gasteiger partial charge in [-0.3, -0.25) is 0 Å². The molecule has 88 valence electrons. The van der Waals surface area contributed by atoms with Crippen molar-refractivity contribution in [3.05, 3.63) is 24.0 Å². The Labute approximate surface area is 91.5 Å². The van der Waals surface area contributed by atoms with E-state index in [1.54, 1.807) is 0 Å². The highest BCUT2D eigenvalue weighted by atomic mass is 32.2. The van der Waals surface area contributed by atoms with Crippen molar-refractivity contribution in [3.63, 3.8) is 0 Å². The van der Waals surface area contributed by atoms with Crippen LogP contribution in [-0.4, -0.2) is 28.3 Å². The monoisotopic (exact) mass is 252 g/mol. The Bertz CT molecular complexity index is 363. The van der Waals surface area contributed by atoms with Crippen molar-refractivity contribution >= 4 is 19.7 Å². The van der Waals surface area contributed by atoms with E-state index in [-0.39, 0.29) is 11.5 Å². The zero-order valence-corrected chi connectivity index (χ0v) is 10.2. The molecule has 0 aromatic heterocycles. The normalized spacial score (nSPS) is 12.3. The van der Waals surface area contributed by atoms with Crippen LogP contribution in [-0.2, 0) is 19.7 Å². The molecule has 0 saturated carbocycles. The summed E-state index contributed by atoms with van der Waals surface area (Å²) in [6, 6.07) is 0. The molecule has 0 rings (SSSR count). The number of rotatable bonds is 8. The summed E-state index contributed by atoms with van der Waals surface area (Å²) in [7, 11) is -6.29. The summed E-state index contributed by atoms with van der Waals surface area (Å²) in [5, 5.41) is 1.85. The molecule has 0 unspecified atom stereocenters. The van der Waals surface area contributed by atoms with Crippen molar-refractivity contribution < 1.29 is 16.8 Å². The lowest BCUT2D eigenvalue weighted by molar-refractivity contribution is 0.596. The van der Waals surface area contributed by atoms with Crippen LogP contribution in [0.25, 0.3) is 0 Å². The molecule has 0 aliphatic carbocycles. The van der Waals surface area contributed by atoms with Crippen LogP contribution in [0.4, 0.5) is 0 Å². The Kier molecular flexibility index (Phi) is 5.82. The molecule has 0 atom stereocenters. The molecule has 4 nitrogen and oxygen atoms in total. The minimum absolute atomic E-state index is 0.0324. The van der Waals surface area contributed by atoms with Gasteiger partial charge in [0.05, 0.1) is 11.5 Å². The molecule has 0 bridgehead atoms. The van der Waals surface area contributed by atoms with Crippen molar-refractivity contribution in [1.29, 1.82) is 0 Å². The van der Waals surface area contributed by atoms with Gasteiger partial charge in [0, 0.05) is 10.8 Å². The maximum absolute atomic E-state index is 11.0. The van der Waals surface area contributed by atoms with Gasteiger partial charge in [0.25, 0.3) is 0 Å². The zero-order valence-electron chi connectivity index (χ0n) is 8.55.